The van der Waals surface area contributed by atoms with E-state index >= 15 is 0 Å². The Kier molecular flexibility index (Phi) is 5.25. The molecule has 0 fully saturated rings. The molecule has 2 heterocycles. The first-order valence-electron chi connectivity index (χ1n) is 10.1. The number of hydrogen-bond acceptors (Lipinski definition) is 6. The van der Waals surface area contributed by atoms with Crippen molar-refractivity contribution in [2.45, 2.75) is 13.5 Å². The predicted octanol–water partition coefficient (Wildman–Crippen LogP) is 5.40. The van der Waals surface area contributed by atoms with Crippen molar-refractivity contribution >= 4 is 43.6 Å². The fourth-order valence-corrected chi connectivity index (χ4v) is 4.67. The Morgan fingerprint density at radius 3 is 2.56 bits per heavy atom. The smallest absolute Gasteiger partial charge is 0.260 e. The number of aryl methyl sites for hydroxylation is 1. The molecule has 5 rings (SSSR count). The number of hydrogen-bond donors (Lipinski definition) is 0. The van der Waals surface area contributed by atoms with Crippen LogP contribution in [0.5, 0.6) is 5.75 Å². The molecule has 0 saturated carbocycles. The summed E-state index contributed by atoms with van der Waals surface area (Å²) in [6.45, 7) is 2.44. The van der Waals surface area contributed by atoms with Crippen molar-refractivity contribution in [1.82, 2.24) is 15.0 Å². The van der Waals surface area contributed by atoms with Gasteiger partial charge in [0.25, 0.3) is 5.91 Å². The molecule has 0 spiro atoms. The number of thiazole rings is 1. The molecular formula is C25H20N4O2S. The highest BCUT2D eigenvalue weighted by molar-refractivity contribution is 7.22. The van der Waals surface area contributed by atoms with Crippen LogP contribution in [0.25, 0.3) is 21.3 Å². The molecule has 0 saturated heterocycles. The number of nitrogens with zero attached hydrogens (tertiary/aromatic N) is 4. The molecule has 0 aliphatic rings. The number of carbonyl (C=O) groups is 1. The van der Waals surface area contributed by atoms with Crippen LogP contribution in [-0.2, 0) is 6.54 Å². The number of benzene rings is 3. The number of ether oxygens (including phenoxy) is 1. The molecule has 0 bridgehead atoms. The third-order valence-electron chi connectivity index (χ3n) is 5.29. The van der Waals surface area contributed by atoms with E-state index in [2.05, 4.69) is 9.97 Å². The van der Waals surface area contributed by atoms with Gasteiger partial charge in [-0.3, -0.25) is 19.7 Å². The lowest BCUT2D eigenvalue weighted by Gasteiger charge is -2.20. The van der Waals surface area contributed by atoms with Crippen molar-refractivity contribution in [3.8, 4) is 5.75 Å². The summed E-state index contributed by atoms with van der Waals surface area (Å²) in [6.07, 6.45) is 3.27. The van der Waals surface area contributed by atoms with Gasteiger partial charge in [-0.05, 0) is 42.3 Å². The standard InChI is InChI=1S/C25H20N4O2S/c1-16-8-11-21(31-2)22-23(16)32-25(28-22)29(15-17-6-4-3-5-7-17)24(30)18-9-10-19-20(14-18)27-13-12-26-19/h3-14H,15H2,1-2H3. The van der Waals surface area contributed by atoms with Gasteiger partial charge in [0.15, 0.2) is 5.13 Å². The highest BCUT2D eigenvalue weighted by Gasteiger charge is 2.23. The Bertz CT molecular complexity index is 1430. The zero-order chi connectivity index (χ0) is 22.1. The monoisotopic (exact) mass is 440 g/mol. The minimum atomic E-state index is -0.142. The molecule has 7 heteroatoms. The minimum Gasteiger partial charge on any atom is -0.494 e. The fraction of sp³-hybridized carbons (Fsp3) is 0.120. The normalized spacial score (nSPS) is 11.1. The first-order chi connectivity index (χ1) is 15.6. The van der Waals surface area contributed by atoms with Crippen LogP contribution < -0.4 is 9.64 Å². The molecule has 0 aliphatic carbocycles. The second-order valence-corrected chi connectivity index (χ2v) is 8.37. The molecular weight excluding hydrogens is 420 g/mol. The quantitative estimate of drug-likeness (QED) is 0.366. The third-order valence-corrected chi connectivity index (χ3v) is 6.50. The lowest BCUT2D eigenvalue weighted by molar-refractivity contribution is 0.0985. The SMILES string of the molecule is COc1ccc(C)c2sc(N(Cc3ccccc3)C(=O)c3ccc4nccnc4c3)nc12. The Morgan fingerprint density at radius 2 is 1.78 bits per heavy atom. The largest absolute Gasteiger partial charge is 0.494 e. The van der Waals surface area contributed by atoms with Crippen LogP contribution in [0.4, 0.5) is 5.13 Å². The minimum absolute atomic E-state index is 0.142. The van der Waals surface area contributed by atoms with Gasteiger partial charge in [-0.1, -0.05) is 47.7 Å². The maximum absolute atomic E-state index is 13.7. The van der Waals surface area contributed by atoms with E-state index in [0.717, 1.165) is 26.9 Å². The van der Waals surface area contributed by atoms with Crippen molar-refractivity contribution in [3.63, 3.8) is 0 Å². The van der Waals surface area contributed by atoms with E-state index in [0.29, 0.717) is 28.5 Å². The van der Waals surface area contributed by atoms with Crippen LogP contribution in [0.15, 0.2) is 73.1 Å². The van der Waals surface area contributed by atoms with Gasteiger partial charge >= 0.3 is 0 Å². The van der Waals surface area contributed by atoms with Crippen molar-refractivity contribution in [1.29, 1.82) is 0 Å². The number of fused-ring (bicyclic) bond motifs is 2. The van der Waals surface area contributed by atoms with E-state index in [1.807, 2.05) is 55.5 Å². The summed E-state index contributed by atoms with van der Waals surface area (Å²) < 4.78 is 6.52. The zero-order valence-electron chi connectivity index (χ0n) is 17.6. The Morgan fingerprint density at radius 1 is 1.00 bits per heavy atom. The van der Waals surface area contributed by atoms with Crippen molar-refractivity contribution in [2.75, 3.05) is 12.0 Å². The van der Waals surface area contributed by atoms with Crippen molar-refractivity contribution < 1.29 is 9.53 Å². The first kappa shape index (κ1) is 20.1. The van der Waals surface area contributed by atoms with Gasteiger partial charge in [-0.25, -0.2) is 4.98 Å². The molecule has 0 radical (unpaired) electrons. The van der Waals surface area contributed by atoms with E-state index in [1.165, 1.54) is 11.3 Å². The molecule has 0 aliphatic heterocycles. The molecule has 1 amide bonds. The van der Waals surface area contributed by atoms with Gasteiger partial charge in [-0.2, -0.15) is 0 Å². The Labute approximate surface area is 189 Å². The average molecular weight is 441 g/mol. The highest BCUT2D eigenvalue weighted by atomic mass is 32.1. The van der Waals surface area contributed by atoms with Crippen LogP contribution in [0, 0.1) is 6.92 Å². The molecule has 2 aromatic heterocycles. The van der Waals surface area contributed by atoms with Gasteiger partial charge in [-0.15, -0.1) is 0 Å². The van der Waals surface area contributed by atoms with Crippen LogP contribution in [0.3, 0.4) is 0 Å². The van der Waals surface area contributed by atoms with Gasteiger partial charge < -0.3 is 4.74 Å². The molecule has 32 heavy (non-hydrogen) atoms. The molecule has 158 valence electrons. The summed E-state index contributed by atoms with van der Waals surface area (Å²) in [4.78, 5) is 28.9. The summed E-state index contributed by atoms with van der Waals surface area (Å²) in [5.74, 6) is 0.554. The average Bonchev–Trinajstić information content (AvgIpc) is 3.29. The fourth-order valence-electron chi connectivity index (χ4n) is 3.62. The molecule has 0 unspecified atom stereocenters. The molecule has 6 nitrogen and oxygen atoms in total. The third kappa shape index (κ3) is 3.67. The highest BCUT2D eigenvalue weighted by Crippen LogP contribution is 2.37. The lowest BCUT2D eigenvalue weighted by atomic mass is 10.1. The predicted molar refractivity (Wildman–Crippen MR) is 127 cm³/mol. The first-order valence-corrected chi connectivity index (χ1v) is 11.0. The van der Waals surface area contributed by atoms with Gasteiger partial charge in [0.05, 0.1) is 29.4 Å². The Balaban J connectivity index is 1.62. The number of anilines is 1. The summed E-state index contributed by atoms with van der Waals surface area (Å²) >= 11 is 1.49. The Hall–Kier alpha value is -3.84. The maximum Gasteiger partial charge on any atom is 0.260 e. The second-order valence-electron chi connectivity index (χ2n) is 7.40. The topological polar surface area (TPSA) is 68.2 Å². The summed E-state index contributed by atoms with van der Waals surface area (Å²) in [7, 11) is 1.63. The van der Waals surface area contributed by atoms with E-state index in [1.54, 1.807) is 36.5 Å². The molecule has 5 aromatic rings. The van der Waals surface area contributed by atoms with Crippen LogP contribution in [0.2, 0.25) is 0 Å². The number of aromatic nitrogens is 3. The molecule has 0 atom stereocenters. The summed E-state index contributed by atoms with van der Waals surface area (Å²) in [6, 6.07) is 19.2. The molecule has 3 aromatic carbocycles. The zero-order valence-corrected chi connectivity index (χ0v) is 18.5. The van der Waals surface area contributed by atoms with E-state index < -0.39 is 0 Å². The van der Waals surface area contributed by atoms with Crippen molar-refractivity contribution in [2.24, 2.45) is 0 Å². The van der Waals surface area contributed by atoms with E-state index in [9.17, 15) is 4.79 Å². The van der Waals surface area contributed by atoms with E-state index in [4.69, 9.17) is 9.72 Å². The van der Waals surface area contributed by atoms with Gasteiger partial charge in [0.2, 0.25) is 0 Å². The summed E-state index contributed by atoms with van der Waals surface area (Å²) in [5, 5.41) is 0.626. The van der Waals surface area contributed by atoms with Crippen molar-refractivity contribution in [3.05, 3.63) is 89.7 Å². The van der Waals surface area contributed by atoms with Crippen LogP contribution >= 0.6 is 11.3 Å². The number of carbonyl (C=O) groups excluding carboxylic acids is 1. The number of amides is 1. The summed E-state index contributed by atoms with van der Waals surface area (Å²) in [5.41, 5.74) is 4.85. The number of rotatable bonds is 5. The number of methoxy groups -OCH3 is 1. The van der Waals surface area contributed by atoms with Crippen LogP contribution in [0.1, 0.15) is 21.5 Å². The molecule has 0 N–H and O–H groups in total. The maximum atomic E-state index is 13.7. The van der Waals surface area contributed by atoms with E-state index in [-0.39, 0.29) is 5.91 Å². The lowest BCUT2D eigenvalue weighted by Crippen LogP contribution is -2.30. The van der Waals surface area contributed by atoms with Gasteiger partial charge in [0, 0.05) is 18.0 Å². The van der Waals surface area contributed by atoms with Crippen LogP contribution in [-0.4, -0.2) is 28.0 Å². The van der Waals surface area contributed by atoms with Gasteiger partial charge in [0.1, 0.15) is 11.3 Å². The second kappa shape index (κ2) is 8.36.